The first kappa shape index (κ1) is 12.6. The summed E-state index contributed by atoms with van der Waals surface area (Å²) < 4.78 is 5.07. The van der Waals surface area contributed by atoms with Crippen molar-refractivity contribution in [2.45, 2.75) is 18.4 Å². The molecule has 1 spiro atoms. The van der Waals surface area contributed by atoms with E-state index in [1.54, 1.807) is 19.4 Å². The Kier molecular flexibility index (Phi) is 2.92. The third kappa shape index (κ3) is 2.02. The number of hydrogen-bond acceptors (Lipinski definition) is 6. The van der Waals surface area contributed by atoms with Gasteiger partial charge in [0.05, 0.1) is 7.11 Å². The van der Waals surface area contributed by atoms with Gasteiger partial charge in [0.2, 0.25) is 11.8 Å². The summed E-state index contributed by atoms with van der Waals surface area (Å²) >= 11 is 0. The lowest BCUT2D eigenvalue weighted by atomic mass is 9.88. The summed E-state index contributed by atoms with van der Waals surface area (Å²) in [4.78, 5) is 33.6. The van der Waals surface area contributed by atoms with E-state index in [1.807, 2.05) is 4.90 Å². The molecule has 8 nitrogen and oxygen atoms in total. The predicted molar refractivity (Wildman–Crippen MR) is 69.4 cm³/mol. The molecule has 3 rings (SSSR count). The number of nitrogens with one attached hydrogen (secondary N) is 2. The van der Waals surface area contributed by atoms with E-state index in [4.69, 9.17) is 4.74 Å². The SMILES string of the molecule is COc1ccnc(N2CCC3(CC2)NC(=O)NC3=O)n1. The van der Waals surface area contributed by atoms with E-state index in [-0.39, 0.29) is 5.91 Å². The molecule has 2 N–H and O–H groups in total. The molecule has 3 amide bonds. The molecule has 0 atom stereocenters. The summed E-state index contributed by atoms with van der Waals surface area (Å²) in [6, 6.07) is 1.26. The minimum Gasteiger partial charge on any atom is -0.481 e. The molecule has 0 bridgehead atoms. The standard InChI is InChI=1S/C12H15N5O3/c1-20-8-2-5-13-10(14-8)17-6-3-12(4-7-17)9(18)15-11(19)16-12/h2,5H,3-4,6-7H2,1H3,(H2,15,16,18,19). The molecule has 0 radical (unpaired) electrons. The minimum absolute atomic E-state index is 0.242. The molecule has 1 aromatic heterocycles. The summed E-state index contributed by atoms with van der Waals surface area (Å²) in [5, 5.41) is 5.01. The Balaban J connectivity index is 1.72. The largest absolute Gasteiger partial charge is 0.481 e. The second kappa shape index (κ2) is 4.62. The first-order valence-electron chi connectivity index (χ1n) is 6.38. The zero-order valence-electron chi connectivity index (χ0n) is 11.0. The molecular formula is C12H15N5O3. The van der Waals surface area contributed by atoms with Crippen LogP contribution >= 0.6 is 0 Å². The molecule has 2 saturated heterocycles. The second-order valence-electron chi connectivity index (χ2n) is 4.88. The lowest BCUT2D eigenvalue weighted by Crippen LogP contribution is -2.55. The van der Waals surface area contributed by atoms with Crippen molar-refractivity contribution in [1.29, 1.82) is 0 Å². The highest BCUT2D eigenvalue weighted by atomic mass is 16.5. The van der Waals surface area contributed by atoms with Crippen LogP contribution in [0.5, 0.6) is 5.88 Å². The predicted octanol–water partition coefficient (Wildman–Crippen LogP) is -0.336. The third-order valence-electron chi connectivity index (χ3n) is 3.74. The average molecular weight is 277 g/mol. The monoisotopic (exact) mass is 277 g/mol. The van der Waals surface area contributed by atoms with Gasteiger partial charge in [0.1, 0.15) is 5.54 Å². The van der Waals surface area contributed by atoms with Crippen LogP contribution in [0, 0.1) is 0 Å². The van der Waals surface area contributed by atoms with Crippen LogP contribution in [0.25, 0.3) is 0 Å². The fraction of sp³-hybridized carbons (Fsp3) is 0.500. The van der Waals surface area contributed by atoms with E-state index in [0.29, 0.717) is 37.8 Å². The van der Waals surface area contributed by atoms with Crippen LogP contribution in [-0.4, -0.2) is 47.6 Å². The van der Waals surface area contributed by atoms with Gasteiger partial charge in [-0.05, 0) is 12.8 Å². The normalized spacial score (nSPS) is 20.8. The Hall–Kier alpha value is -2.38. The highest BCUT2D eigenvalue weighted by Gasteiger charge is 2.48. The van der Waals surface area contributed by atoms with Gasteiger partial charge in [-0.25, -0.2) is 9.78 Å². The number of nitrogens with zero attached hydrogens (tertiary/aromatic N) is 3. The van der Waals surface area contributed by atoms with Gasteiger partial charge < -0.3 is 15.0 Å². The van der Waals surface area contributed by atoms with Crippen LogP contribution in [0.3, 0.4) is 0 Å². The van der Waals surface area contributed by atoms with Crippen molar-refractivity contribution < 1.29 is 14.3 Å². The second-order valence-corrected chi connectivity index (χ2v) is 4.88. The molecule has 3 heterocycles. The van der Waals surface area contributed by atoms with Gasteiger partial charge in [0, 0.05) is 25.4 Å². The Morgan fingerprint density at radius 2 is 2.10 bits per heavy atom. The van der Waals surface area contributed by atoms with Crippen LogP contribution in [0.15, 0.2) is 12.3 Å². The number of anilines is 1. The molecule has 2 aliphatic rings. The van der Waals surface area contributed by atoms with Crippen LogP contribution in [0.1, 0.15) is 12.8 Å². The maximum atomic E-state index is 11.8. The average Bonchev–Trinajstić information content (AvgIpc) is 2.74. The summed E-state index contributed by atoms with van der Waals surface area (Å²) in [6.45, 7) is 1.20. The smallest absolute Gasteiger partial charge is 0.322 e. The van der Waals surface area contributed by atoms with E-state index >= 15 is 0 Å². The maximum Gasteiger partial charge on any atom is 0.322 e. The number of imide groups is 1. The molecule has 1 aromatic rings. The van der Waals surface area contributed by atoms with Crippen molar-refractivity contribution in [2.24, 2.45) is 0 Å². The lowest BCUT2D eigenvalue weighted by Gasteiger charge is -2.36. The van der Waals surface area contributed by atoms with Gasteiger partial charge in [-0.1, -0.05) is 0 Å². The van der Waals surface area contributed by atoms with Crippen LogP contribution in [0.4, 0.5) is 10.7 Å². The summed E-state index contributed by atoms with van der Waals surface area (Å²) in [5.41, 5.74) is -0.771. The van der Waals surface area contributed by atoms with E-state index in [2.05, 4.69) is 20.6 Å². The highest BCUT2D eigenvalue weighted by molar-refractivity contribution is 6.07. The van der Waals surface area contributed by atoms with Gasteiger partial charge in [-0.15, -0.1) is 0 Å². The molecule has 8 heteroatoms. The number of methoxy groups -OCH3 is 1. The zero-order chi connectivity index (χ0) is 14.2. The van der Waals surface area contributed by atoms with Crippen LogP contribution in [-0.2, 0) is 4.79 Å². The van der Waals surface area contributed by atoms with Gasteiger partial charge in [-0.3, -0.25) is 10.1 Å². The number of amides is 3. The van der Waals surface area contributed by atoms with Gasteiger partial charge in [-0.2, -0.15) is 4.98 Å². The van der Waals surface area contributed by atoms with Gasteiger partial charge in [0.15, 0.2) is 0 Å². The number of piperidine rings is 1. The first-order valence-corrected chi connectivity index (χ1v) is 6.38. The van der Waals surface area contributed by atoms with Crippen molar-refractivity contribution in [3.05, 3.63) is 12.3 Å². The van der Waals surface area contributed by atoms with Crippen molar-refractivity contribution in [2.75, 3.05) is 25.1 Å². The van der Waals surface area contributed by atoms with E-state index < -0.39 is 11.6 Å². The summed E-state index contributed by atoms with van der Waals surface area (Å²) in [5.74, 6) is 0.833. The molecular weight excluding hydrogens is 262 g/mol. The third-order valence-corrected chi connectivity index (χ3v) is 3.74. The van der Waals surface area contributed by atoms with Crippen molar-refractivity contribution >= 4 is 17.9 Å². The first-order chi connectivity index (χ1) is 9.63. The topological polar surface area (TPSA) is 96.5 Å². The fourth-order valence-electron chi connectivity index (χ4n) is 2.57. The van der Waals surface area contributed by atoms with Crippen molar-refractivity contribution in [3.63, 3.8) is 0 Å². The van der Waals surface area contributed by atoms with E-state index in [1.165, 1.54) is 0 Å². The molecule has 106 valence electrons. The van der Waals surface area contributed by atoms with E-state index in [9.17, 15) is 9.59 Å². The molecule has 2 fully saturated rings. The van der Waals surface area contributed by atoms with Gasteiger partial charge in [0.25, 0.3) is 5.91 Å². The Morgan fingerprint density at radius 1 is 1.35 bits per heavy atom. The van der Waals surface area contributed by atoms with Crippen LogP contribution < -0.4 is 20.3 Å². The van der Waals surface area contributed by atoms with E-state index in [0.717, 1.165) is 0 Å². The number of rotatable bonds is 2. The molecule has 0 aromatic carbocycles. The van der Waals surface area contributed by atoms with Crippen LogP contribution in [0.2, 0.25) is 0 Å². The van der Waals surface area contributed by atoms with Crippen molar-refractivity contribution in [1.82, 2.24) is 20.6 Å². The Labute approximate surface area is 115 Å². The molecule has 0 aliphatic carbocycles. The molecule has 20 heavy (non-hydrogen) atoms. The fourth-order valence-corrected chi connectivity index (χ4v) is 2.57. The van der Waals surface area contributed by atoms with Crippen molar-refractivity contribution in [3.8, 4) is 5.88 Å². The number of hydrogen-bond donors (Lipinski definition) is 2. The molecule has 0 unspecified atom stereocenters. The summed E-state index contributed by atoms with van der Waals surface area (Å²) in [6.07, 6.45) is 2.70. The number of ether oxygens (including phenoxy) is 1. The lowest BCUT2D eigenvalue weighted by molar-refractivity contribution is -0.124. The highest BCUT2D eigenvalue weighted by Crippen LogP contribution is 2.27. The Bertz CT molecular complexity index is 554. The number of urea groups is 1. The van der Waals surface area contributed by atoms with Gasteiger partial charge >= 0.3 is 6.03 Å². The number of carbonyl (C=O) groups excluding carboxylic acids is 2. The molecule has 2 aliphatic heterocycles. The summed E-state index contributed by atoms with van der Waals surface area (Å²) in [7, 11) is 1.55. The number of carbonyl (C=O) groups is 2. The zero-order valence-corrected chi connectivity index (χ0v) is 11.0. The number of aromatic nitrogens is 2. The maximum absolute atomic E-state index is 11.8. The quantitative estimate of drug-likeness (QED) is 0.718. The minimum atomic E-state index is -0.771. The Morgan fingerprint density at radius 3 is 2.70 bits per heavy atom. The molecule has 0 saturated carbocycles.